The van der Waals surface area contributed by atoms with Crippen molar-refractivity contribution in [1.82, 2.24) is 4.98 Å². The lowest BCUT2D eigenvalue weighted by molar-refractivity contribution is -0.385. The van der Waals surface area contributed by atoms with E-state index in [0.29, 0.717) is 0 Å². The van der Waals surface area contributed by atoms with E-state index in [-0.39, 0.29) is 5.69 Å². The third-order valence-corrected chi connectivity index (χ3v) is 2.63. The Morgan fingerprint density at radius 1 is 1.12 bits per heavy atom. The predicted molar refractivity (Wildman–Crippen MR) is 64.0 cm³/mol. The number of hydrogen-bond donors (Lipinski definition) is 0. The lowest BCUT2D eigenvalue weighted by atomic mass is 10.1. The highest BCUT2D eigenvalue weighted by atomic mass is 79.9. The Balaban J connectivity index is 2.34. The third-order valence-electron chi connectivity index (χ3n) is 2.10. The van der Waals surface area contributed by atoms with E-state index in [9.17, 15) is 10.1 Å². The molecule has 16 heavy (non-hydrogen) atoms. The lowest BCUT2D eigenvalue weighted by Crippen LogP contribution is -1.89. The Bertz CT molecular complexity index is 509. The summed E-state index contributed by atoms with van der Waals surface area (Å²) in [5.74, 6) is 0. The van der Waals surface area contributed by atoms with E-state index < -0.39 is 4.92 Å². The molecule has 0 N–H and O–H groups in total. The lowest BCUT2D eigenvalue weighted by Gasteiger charge is -2.00. The molecule has 0 aliphatic carbocycles. The zero-order valence-electron chi connectivity index (χ0n) is 8.13. The van der Waals surface area contributed by atoms with Crippen molar-refractivity contribution in [2.75, 3.05) is 0 Å². The zero-order valence-corrected chi connectivity index (χ0v) is 9.72. The molecule has 0 radical (unpaired) electrons. The summed E-state index contributed by atoms with van der Waals surface area (Å²) in [6, 6.07) is 10.7. The molecule has 2 aromatic rings. The summed E-state index contributed by atoms with van der Waals surface area (Å²) >= 11 is 3.34. The number of nitrogens with zero attached hydrogens (tertiary/aromatic N) is 2. The highest BCUT2D eigenvalue weighted by Crippen LogP contribution is 2.21. The van der Waals surface area contributed by atoms with Crippen molar-refractivity contribution < 1.29 is 4.92 Å². The van der Waals surface area contributed by atoms with Gasteiger partial charge in [-0.1, -0.05) is 28.1 Å². The first-order valence-corrected chi connectivity index (χ1v) is 5.32. The number of benzene rings is 1. The molecule has 0 atom stereocenters. The normalized spacial score (nSPS) is 10.1. The van der Waals surface area contributed by atoms with Crippen LogP contribution in [-0.4, -0.2) is 9.91 Å². The molecule has 0 saturated heterocycles. The molecule has 0 fully saturated rings. The second kappa shape index (κ2) is 4.40. The Labute approximate surface area is 100 Å². The topological polar surface area (TPSA) is 56.0 Å². The van der Waals surface area contributed by atoms with Gasteiger partial charge in [-0.3, -0.25) is 10.1 Å². The fourth-order valence-electron chi connectivity index (χ4n) is 1.29. The monoisotopic (exact) mass is 278 g/mol. The first-order valence-electron chi connectivity index (χ1n) is 4.53. The Hall–Kier alpha value is -1.75. The number of pyridine rings is 1. The number of hydrogen-bond acceptors (Lipinski definition) is 3. The van der Waals surface area contributed by atoms with Crippen molar-refractivity contribution in [3.63, 3.8) is 0 Å². The van der Waals surface area contributed by atoms with E-state index in [2.05, 4.69) is 20.9 Å². The summed E-state index contributed by atoms with van der Waals surface area (Å²) in [5.41, 5.74) is 1.65. The second-order valence-corrected chi connectivity index (χ2v) is 4.08. The largest absolute Gasteiger partial charge is 0.287 e. The molecule has 2 rings (SSSR count). The standard InChI is InChI=1S/C11H7BrN2O2/c12-9-3-1-8(2-4-9)11-6-5-10(7-13-11)14(15)16/h1-7H. The molecule has 1 aromatic heterocycles. The molecule has 1 heterocycles. The van der Waals surface area contributed by atoms with Crippen molar-refractivity contribution in [2.45, 2.75) is 0 Å². The van der Waals surface area contributed by atoms with E-state index in [1.165, 1.54) is 12.3 Å². The van der Waals surface area contributed by atoms with Gasteiger partial charge in [-0.2, -0.15) is 0 Å². The maximum Gasteiger partial charge on any atom is 0.287 e. The third kappa shape index (κ3) is 2.25. The summed E-state index contributed by atoms with van der Waals surface area (Å²) in [7, 11) is 0. The Morgan fingerprint density at radius 2 is 1.81 bits per heavy atom. The van der Waals surface area contributed by atoms with Gasteiger partial charge in [-0.15, -0.1) is 0 Å². The number of rotatable bonds is 2. The minimum absolute atomic E-state index is 0.000798. The Morgan fingerprint density at radius 3 is 2.31 bits per heavy atom. The van der Waals surface area contributed by atoms with Crippen molar-refractivity contribution in [2.24, 2.45) is 0 Å². The summed E-state index contributed by atoms with van der Waals surface area (Å²) in [5, 5.41) is 10.5. The molecule has 0 aliphatic rings. The summed E-state index contributed by atoms with van der Waals surface area (Å²) in [6.07, 6.45) is 1.26. The average Bonchev–Trinajstić information content (AvgIpc) is 2.30. The van der Waals surface area contributed by atoms with Crippen molar-refractivity contribution in [3.05, 3.63) is 57.2 Å². The number of halogens is 1. The fourth-order valence-corrected chi connectivity index (χ4v) is 1.55. The highest BCUT2D eigenvalue weighted by molar-refractivity contribution is 9.10. The number of nitro groups is 1. The first-order chi connectivity index (χ1) is 7.66. The highest BCUT2D eigenvalue weighted by Gasteiger charge is 2.06. The van der Waals surface area contributed by atoms with Gasteiger partial charge in [-0.05, 0) is 18.2 Å². The summed E-state index contributed by atoms with van der Waals surface area (Å²) < 4.78 is 0.984. The van der Waals surface area contributed by atoms with Gasteiger partial charge < -0.3 is 0 Å². The van der Waals surface area contributed by atoms with Crippen LogP contribution in [0.25, 0.3) is 11.3 Å². The molecule has 80 valence electrons. The smallest absolute Gasteiger partial charge is 0.258 e. The van der Waals surface area contributed by atoms with Crippen LogP contribution in [0.4, 0.5) is 5.69 Å². The van der Waals surface area contributed by atoms with E-state index >= 15 is 0 Å². The predicted octanol–water partition coefficient (Wildman–Crippen LogP) is 3.42. The van der Waals surface area contributed by atoms with Gasteiger partial charge in [0.05, 0.1) is 10.6 Å². The van der Waals surface area contributed by atoms with E-state index in [4.69, 9.17) is 0 Å². The summed E-state index contributed by atoms with van der Waals surface area (Å²) in [6.45, 7) is 0. The van der Waals surface area contributed by atoms with Gasteiger partial charge in [0.1, 0.15) is 6.20 Å². The van der Waals surface area contributed by atoms with E-state index in [0.717, 1.165) is 15.7 Å². The van der Waals surface area contributed by atoms with E-state index in [1.807, 2.05) is 24.3 Å². The average molecular weight is 279 g/mol. The minimum Gasteiger partial charge on any atom is -0.258 e. The van der Waals surface area contributed by atoms with Crippen molar-refractivity contribution in [3.8, 4) is 11.3 Å². The maximum absolute atomic E-state index is 10.5. The van der Waals surface area contributed by atoms with Crippen LogP contribution in [0.3, 0.4) is 0 Å². The van der Waals surface area contributed by atoms with E-state index in [1.54, 1.807) is 6.07 Å². The van der Waals surface area contributed by atoms with Gasteiger partial charge in [0.2, 0.25) is 0 Å². The van der Waals surface area contributed by atoms with Gasteiger partial charge in [-0.25, -0.2) is 4.98 Å². The number of aromatic nitrogens is 1. The molecule has 0 amide bonds. The van der Waals surface area contributed by atoms with Crippen LogP contribution in [-0.2, 0) is 0 Å². The summed E-state index contributed by atoms with van der Waals surface area (Å²) in [4.78, 5) is 14.0. The second-order valence-electron chi connectivity index (χ2n) is 3.17. The molecule has 0 unspecified atom stereocenters. The van der Waals surface area contributed by atoms with Gasteiger partial charge in [0.25, 0.3) is 5.69 Å². The van der Waals surface area contributed by atoms with Crippen LogP contribution in [0, 0.1) is 10.1 Å². The molecular weight excluding hydrogens is 272 g/mol. The van der Waals surface area contributed by atoms with Gasteiger partial charge in [0, 0.05) is 16.1 Å². The van der Waals surface area contributed by atoms with Crippen LogP contribution in [0.15, 0.2) is 47.1 Å². The Kier molecular flexibility index (Phi) is 2.96. The molecule has 1 aromatic carbocycles. The van der Waals surface area contributed by atoms with Crippen molar-refractivity contribution >= 4 is 21.6 Å². The van der Waals surface area contributed by atoms with Crippen molar-refractivity contribution in [1.29, 1.82) is 0 Å². The molecule has 0 spiro atoms. The van der Waals surface area contributed by atoms with Crippen LogP contribution in [0.1, 0.15) is 0 Å². The molecule has 5 heteroatoms. The molecule has 0 aliphatic heterocycles. The van der Waals surface area contributed by atoms with Crippen LogP contribution in [0.2, 0.25) is 0 Å². The minimum atomic E-state index is -0.460. The van der Waals surface area contributed by atoms with Crippen LogP contribution in [0.5, 0.6) is 0 Å². The van der Waals surface area contributed by atoms with Gasteiger partial charge in [0.15, 0.2) is 0 Å². The quantitative estimate of drug-likeness (QED) is 0.625. The molecular formula is C11H7BrN2O2. The zero-order chi connectivity index (χ0) is 11.5. The fraction of sp³-hybridized carbons (Fsp3) is 0. The SMILES string of the molecule is O=[N+]([O-])c1ccc(-c2ccc(Br)cc2)nc1. The maximum atomic E-state index is 10.5. The van der Waals surface area contributed by atoms with Gasteiger partial charge >= 0.3 is 0 Å². The molecule has 4 nitrogen and oxygen atoms in total. The first kappa shape index (κ1) is 10.8. The van der Waals surface area contributed by atoms with Crippen LogP contribution < -0.4 is 0 Å². The van der Waals surface area contributed by atoms with Crippen LogP contribution >= 0.6 is 15.9 Å². The molecule has 0 saturated carbocycles. The molecule has 0 bridgehead atoms.